The minimum absolute atomic E-state index is 0.408. The molecule has 2 fully saturated rings. The lowest BCUT2D eigenvalue weighted by Gasteiger charge is -2.30. The van der Waals surface area contributed by atoms with Crippen molar-refractivity contribution in [3.8, 4) is 5.75 Å². The largest absolute Gasteiger partial charge is 0.492 e. The third-order valence-corrected chi connectivity index (χ3v) is 5.56. The molecule has 5 heteroatoms. The number of halogens is 1. The molecule has 2 saturated heterocycles. The van der Waals surface area contributed by atoms with Crippen molar-refractivity contribution in [3.63, 3.8) is 0 Å². The molecule has 128 valence electrons. The highest BCUT2D eigenvalue weighted by molar-refractivity contribution is 6.30. The average Bonchev–Trinajstić information content (AvgIpc) is 3.06. The maximum Gasteiger partial charge on any atom is 0.119 e. The van der Waals surface area contributed by atoms with E-state index >= 15 is 0 Å². The summed E-state index contributed by atoms with van der Waals surface area (Å²) >= 11 is 5.89. The van der Waals surface area contributed by atoms with Gasteiger partial charge in [0.05, 0.1) is 6.61 Å². The monoisotopic (exact) mass is 338 g/mol. The molecular weight excluding hydrogens is 312 g/mol. The van der Waals surface area contributed by atoms with E-state index in [0.717, 1.165) is 50.2 Å². The second-order valence-corrected chi connectivity index (χ2v) is 7.48. The van der Waals surface area contributed by atoms with E-state index in [0.29, 0.717) is 11.3 Å². The van der Waals surface area contributed by atoms with E-state index in [4.69, 9.17) is 21.1 Å². The number of likely N-dealkylation sites (tertiary alicyclic amines) is 2. The Labute approximate surface area is 144 Å². The highest BCUT2D eigenvalue weighted by atomic mass is 35.5. The van der Waals surface area contributed by atoms with Crippen molar-refractivity contribution >= 4 is 11.6 Å². The second-order valence-electron chi connectivity index (χ2n) is 7.04. The van der Waals surface area contributed by atoms with E-state index in [1.165, 1.54) is 13.0 Å². The second kappa shape index (κ2) is 7.39. The van der Waals surface area contributed by atoms with Crippen LogP contribution < -0.4 is 4.74 Å². The molecule has 0 N–H and O–H groups in total. The molecule has 0 unspecified atom stereocenters. The number of ether oxygens (including phenoxy) is 2. The number of methoxy groups -OCH3 is 1. The lowest BCUT2D eigenvalue weighted by atomic mass is 9.78. The van der Waals surface area contributed by atoms with E-state index in [2.05, 4.69) is 16.8 Å². The molecule has 0 amide bonds. The van der Waals surface area contributed by atoms with Crippen molar-refractivity contribution in [1.29, 1.82) is 0 Å². The van der Waals surface area contributed by atoms with Crippen LogP contribution in [0, 0.1) is 11.3 Å². The highest BCUT2D eigenvalue weighted by Crippen LogP contribution is 2.43. The molecular formula is C18H27ClN2O2. The fraction of sp³-hybridized carbons (Fsp3) is 0.667. The topological polar surface area (TPSA) is 24.9 Å². The number of nitrogens with zero attached hydrogens (tertiary/aromatic N) is 2. The lowest BCUT2D eigenvalue weighted by Crippen LogP contribution is -2.37. The zero-order valence-electron chi connectivity index (χ0n) is 14.1. The number of hydrogen-bond acceptors (Lipinski definition) is 4. The van der Waals surface area contributed by atoms with E-state index in [9.17, 15) is 0 Å². The maximum atomic E-state index is 5.89. The smallest absolute Gasteiger partial charge is 0.119 e. The van der Waals surface area contributed by atoms with Crippen LogP contribution >= 0.6 is 11.6 Å². The fourth-order valence-electron chi connectivity index (χ4n) is 4.19. The SMILES string of the molecule is COC[C@@H]1CN(C)C[C@@]12CCN(CCOc1ccc(Cl)cc1)C2. The van der Waals surface area contributed by atoms with Crippen LogP contribution in [0.3, 0.4) is 0 Å². The molecule has 4 nitrogen and oxygen atoms in total. The van der Waals surface area contributed by atoms with Crippen LogP contribution in [0.1, 0.15) is 6.42 Å². The van der Waals surface area contributed by atoms with Crippen molar-refractivity contribution < 1.29 is 9.47 Å². The summed E-state index contributed by atoms with van der Waals surface area (Å²) in [5.41, 5.74) is 0.408. The van der Waals surface area contributed by atoms with Crippen molar-refractivity contribution in [2.24, 2.45) is 11.3 Å². The minimum atomic E-state index is 0.408. The normalized spacial score (nSPS) is 28.7. The average molecular weight is 339 g/mol. The van der Waals surface area contributed by atoms with Gasteiger partial charge < -0.3 is 14.4 Å². The van der Waals surface area contributed by atoms with Gasteiger partial charge in [-0.2, -0.15) is 0 Å². The number of hydrogen-bond donors (Lipinski definition) is 0. The van der Waals surface area contributed by atoms with Gasteiger partial charge in [0.25, 0.3) is 0 Å². The zero-order chi connectivity index (χ0) is 16.3. The van der Waals surface area contributed by atoms with E-state index < -0.39 is 0 Å². The Balaban J connectivity index is 1.48. The van der Waals surface area contributed by atoms with Crippen LogP contribution in [0.15, 0.2) is 24.3 Å². The predicted octanol–water partition coefficient (Wildman–Crippen LogP) is 2.62. The van der Waals surface area contributed by atoms with E-state index in [1.54, 1.807) is 0 Å². The lowest BCUT2D eigenvalue weighted by molar-refractivity contribution is 0.0950. The molecule has 2 heterocycles. The summed E-state index contributed by atoms with van der Waals surface area (Å²) in [5, 5.41) is 0.744. The maximum absolute atomic E-state index is 5.89. The van der Waals surface area contributed by atoms with Gasteiger partial charge in [0.2, 0.25) is 0 Å². The zero-order valence-corrected chi connectivity index (χ0v) is 14.9. The highest BCUT2D eigenvalue weighted by Gasteiger charge is 2.49. The Hall–Kier alpha value is -0.810. The van der Waals surface area contributed by atoms with Gasteiger partial charge in [0, 0.05) is 49.6 Å². The van der Waals surface area contributed by atoms with E-state index in [1.807, 2.05) is 31.4 Å². The van der Waals surface area contributed by atoms with Crippen molar-refractivity contribution in [3.05, 3.63) is 29.3 Å². The van der Waals surface area contributed by atoms with Gasteiger partial charge >= 0.3 is 0 Å². The summed E-state index contributed by atoms with van der Waals surface area (Å²) in [6, 6.07) is 7.58. The summed E-state index contributed by atoms with van der Waals surface area (Å²) < 4.78 is 11.3. The summed E-state index contributed by atoms with van der Waals surface area (Å²) in [5.74, 6) is 1.54. The molecule has 1 spiro atoms. The van der Waals surface area contributed by atoms with Crippen LogP contribution in [0.25, 0.3) is 0 Å². The molecule has 1 aromatic rings. The molecule has 0 aliphatic carbocycles. The molecule has 23 heavy (non-hydrogen) atoms. The number of rotatable bonds is 6. The quantitative estimate of drug-likeness (QED) is 0.796. The molecule has 2 aliphatic heterocycles. The first kappa shape index (κ1) is 17.0. The van der Waals surface area contributed by atoms with Crippen molar-refractivity contribution in [1.82, 2.24) is 9.80 Å². The summed E-state index contributed by atoms with van der Waals surface area (Å²) in [4.78, 5) is 5.00. The Bertz CT molecular complexity index is 510. The Morgan fingerprint density at radius 1 is 1.26 bits per heavy atom. The van der Waals surface area contributed by atoms with Gasteiger partial charge in [-0.3, -0.25) is 4.90 Å². The Morgan fingerprint density at radius 3 is 2.78 bits per heavy atom. The van der Waals surface area contributed by atoms with Crippen molar-refractivity contribution in [2.75, 3.05) is 60.1 Å². The Morgan fingerprint density at radius 2 is 2.04 bits per heavy atom. The third kappa shape index (κ3) is 4.00. The molecule has 0 bridgehead atoms. The fourth-order valence-corrected chi connectivity index (χ4v) is 4.32. The molecule has 1 aromatic carbocycles. The number of benzene rings is 1. The molecule has 2 atom stereocenters. The molecule has 0 saturated carbocycles. The van der Waals surface area contributed by atoms with Gasteiger partial charge in [-0.15, -0.1) is 0 Å². The van der Waals surface area contributed by atoms with Gasteiger partial charge in [-0.05, 0) is 44.3 Å². The molecule has 2 aliphatic rings. The van der Waals surface area contributed by atoms with Crippen molar-refractivity contribution in [2.45, 2.75) is 6.42 Å². The summed E-state index contributed by atoms with van der Waals surface area (Å²) in [7, 11) is 4.04. The van der Waals surface area contributed by atoms with Crippen LogP contribution in [0.2, 0.25) is 5.02 Å². The molecule has 0 radical (unpaired) electrons. The minimum Gasteiger partial charge on any atom is -0.492 e. The first-order chi connectivity index (χ1) is 11.1. The van der Waals surface area contributed by atoms with E-state index in [-0.39, 0.29) is 0 Å². The first-order valence-corrected chi connectivity index (χ1v) is 8.77. The summed E-state index contributed by atoms with van der Waals surface area (Å²) in [6.07, 6.45) is 1.27. The van der Waals surface area contributed by atoms with Crippen LogP contribution in [0.4, 0.5) is 0 Å². The predicted molar refractivity (Wildman–Crippen MR) is 93.3 cm³/mol. The molecule has 0 aromatic heterocycles. The van der Waals surface area contributed by atoms with Gasteiger partial charge in [-0.1, -0.05) is 11.6 Å². The standard InChI is InChI=1S/C18H27ClN2O2/c1-20-11-15(12-22-2)18(13-20)7-8-21(14-18)9-10-23-17-5-3-16(19)4-6-17/h3-6,15H,7-14H2,1-2H3/t15-,18+/m0/s1. The van der Waals surface area contributed by atoms with Crippen LogP contribution in [0.5, 0.6) is 5.75 Å². The summed E-state index contributed by atoms with van der Waals surface area (Å²) in [6.45, 7) is 7.25. The van der Waals surface area contributed by atoms with Gasteiger partial charge in [0.1, 0.15) is 12.4 Å². The third-order valence-electron chi connectivity index (χ3n) is 5.31. The van der Waals surface area contributed by atoms with Crippen LogP contribution in [-0.4, -0.2) is 69.9 Å². The first-order valence-electron chi connectivity index (χ1n) is 8.39. The Kier molecular flexibility index (Phi) is 5.47. The van der Waals surface area contributed by atoms with Crippen LogP contribution in [-0.2, 0) is 4.74 Å². The van der Waals surface area contributed by atoms with Gasteiger partial charge in [0.15, 0.2) is 0 Å². The van der Waals surface area contributed by atoms with Gasteiger partial charge in [-0.25, -0.2) is 0 Å². The molecule has 3 rings (SSSR count).